The number of hydrogen-bond donors (Lipinski definition) is 2. The third-order valence-electron chi connectivity index (χ3n) is 2.26. The van der Waals surface area contributed by atoms with Crippen LogP contribution >= 0.6 is 0 Å². The molecular weight excluding hydrogens is 228 g/mol. The van der Waals surface area contributed by atoms with Crippen LogP contribution in [0, 0.1) is 0 Å². The molecule has 0 saturated carbocycles. The topological polar surface area (TPSA) is 98.2 Å². The number of nitrogens with zero attached hydrogens (tertiary/aromatic N) is 2. The number of aliphatic hydroxyl groups excluding tert-OH is 2. The molecule has 0 spiro atoms. The van der Waals surface area contributed by atoms with Crippen molar-refractivity contribution in [3.05, 3.63) is 0 Å². The lowest BCUT2D eigenvalue weighted by Crippen LogP contribution is -2.57. The molecule has 0 aromatic rings. The summed E-state index contributed by atoms with van der Waals surface area (Å²) in [5.74, 6) is -1.24. The minimum absolute atomic E-state index is 0.152. The predicted molar refractivity (Wildman–Crippen MR) is 56.8 cm³/mol. The molecule has 2 atom stereocenters. The number of amides is 4. The Kier molecular flexibility index (Phi) is 4.19. The third-order valence-corrected chi connectivity index (χ3v) is 2.26. The summed E-state index contributed by atoms with van der Waals surface area (Å²) < 4.78 is 0. The number of imide groups is 2. The van der Waals surface area contributed by atoms with Gasteiger partial charge in [0.2, 0.25) is 11.8 Å². The Balaban J connectivity index is 2.83. The molecule has 96 valence electrons. The first kappa shape index (κ1) is 13.6. The largest absolute Gasteiger partial charge is 0.392 e. The quantitative estimate of drug-likeness (QED) is 0.613. The zero-order valence-corrected chi connectivity index (χ0v) is 9.79. The van der Waals surface area contributed by atoms with Gasteiger partial charge in [-0.15, -0.1) is 0 Å². The number of carbonyl (C=O) groups excluding carboxylic acids is 3. The van der Waals surface area contributed by atoms with Gasteiger partial charge in [-0.05, 0) is 13.8 Å². The Morgan fingerprint density at radius 1 is 1.00 bits per heavy atom. The van der Waals surface area contributed by atoms with Crippen LogP contribution in [0.25, 0.3) is 0 Å². The Bertz CT molecular complexity index is 310. The summed E-state index contributed by atoms with van der Waals surface area (Å²) in [6.07, 6.45) is -2.13. The summed E-state index contributed by atoms with van der Waals surface area (Å²) in [7, 11) is 0. The Labute approximate surface area is 98.6 Å². The van der Waals surface area contributed by atoms with Crippen LogP contribution in [0.3, 0.4) is 0 Å². The summed E-state index contributed by atoms with van der Waals surface area (Å²) in [4.78, 5) is 36.4. The molecule has 1 rings (SSSR count). The van der Waals surface area contributed by atoms with E-state index in [9.17, 15) is 24.6 Å². The second-order valence-electron chi connectivity index (χ2n) is 4.17. The van der Waals surface area contributed by atoms with Crippen LogP contribution in [0.4, 0.5) is 4.79 Å². The third kappa shape index (κ3) is 3.24. The molecule has 1 heterocycles. The summed E-state index contributed by atoms with van der Waals surface area (Å²) in [6.45, 7) is 2.58. The van der Waals surface area contributed by atoms with E-state index in [0.29, 0.717) is 0 Å². The summed E-state index contributed by atoms with van der Waals surface area (Å²) in [6, 6.07) is -0.784. The van der Waals surface area contributed by atoms with E-state index in [2.05, 4.69) is 0 Å². The summed E-state index contributed by atoms with van der Waals surface area (Å²) in [5, 5.41) is 18.4. The van der Waals surface area contributed by atoms with Crippen LogP contribution in [0.1, 0.15) is 20.3 Å². The SMILES string of the molecule is CC(O)CN1C(=O)CC(=O)N(CC(C)O)C1=O. The van der Waals surface area contributed by atoms with Crippen molar-refractivity contribution in [3.63, 3.8) is 0 Å². The van der Waals surface area contributed by atoms with Gasteiger partial charge in [0.15, 0.2) is 0 Å². The number of carbonyl (C=O) groups is 3. The van der Waals surface area contributed by atoms with E-state index < -0.39 is 36.5 Å². The van der Waals surface area contributed by atoms with E-state index in [0.717, 1.165) is 9.80 Å². The van der Waals surface area contributed by atoms with Crippen molar-refractivity contribution in [3.8, 4) is 0 Å². The average molecular weight is 244 g/mol. The molecule has 0 radical (unpaired) electrons. The zero-order chi connectivity index (χ0) is 13.2. The number of aliphatic hydroxyl groups is 2. The number of β-amino-alcohol motifs (C(OH)–C–C–N with tert-alkyl or cyclic N) is 2. The fourth-order valence-electron chi connectivity index (χ4n) is 1.57. The fraction of sp³-hybridized carbons (Fsp3) is 0.700. The van der Waals surface area contributed by atoms with Gasteiger partial charge in [0.1, 0.15) is 6.42 Å². The molecule has 4 amide bonds. The van der Waals surface area contributed by atoms with Gasteiger partial charge >= 0.3 is 6.03 Å². The number of urea groups is 1. The lowest BCUT2D eigenvalue weighted by atomic mass is 10.2. The molecule has 17 heavy (non-hydrogen) atoms. The molecule has 1 fully saturated rings. The van der Waals surface area contributed by atoms with Gasteiger partial charge in [-0.3, -0.25) is 19.4 Å². The van der Waals surface area contributed by atoms with Gasteiger partial charge in [0.05, 0.1) is 25.3 Å². The van der Waals surface area contributed by atoms with Crippen LogP contribution < -0.4 is 0 Å². The summed E-state index contributed by atoms with van der Waals surface area (Å²) in [5.41, 5.74) is 0. The lowest BCUT2D eigenvalue weighted by Gasteiger charge is -2.33. The maximum Gasteiger partial charge on any atom is 0.333 e. The van der Waals surface area contributed by atoms with Gasteiger partial charge in [0.25, 0.3) is 0 Å². The van der Waals surface area contributed by atoms with E-state index in [-0.39, 0.29) is 13.1 Å². The number of barbiturate groups is 1. The molecule has 7 nitrogen and oxygen atoms in total. The van der Waals surface area contributed by atoms with Gasteiger partial charge < -0.3 is 10.2 Å². The van der Waals surface area contributed by atoms with E-state index in [4.69, 9.17) is 0 Å². The van der Waals surface area contributed by atoms with Crippen LogP contribution in [0.2, 0.25) is 0 Å². The predicted octanol–water partition coefficient (Wildman–Crippen LogP) is -1.07. The van der Waals surface area contributed by atoms with Crippen LogP contribution in [0.15, 0.2) is 0 Å². The normalized spacial score (nSPS) is 20.8. The van der Waals surface area contributed by atoms with Crippen molar-refractivity contribution in [1.29, 1.82) is 0 Å². The Hall–Kier alpha value is -1.47. The van der Waals surface area contributed by atoms with Gasteiger partial charge in [0, 0.05) is 0 Å². The van der Waals surface area contributed by atoms with Crippen molar-refractivity contribution in [1.82, 2.24) is 9.80 Å². The van der Waals surface area contributed by atoms with E-state index in [1.54, 1.807) is 0 Å². The first-order chi connectivity index (χ1) is 7.82. The van der Waals surface area contributed by atoms with Crippen LogP contribution in [0.5, 0.6) is 0 Å². The first-order valence-electron chi connectivity index (χ1n) is 5.33. The number of rotatable bonds is 4. The highest BCUT2D eigenvalue weighted by atomic mass is 16.3. The second kappa shape index (κ2) is 5.24. The standard InChI is InChI=1S/C10H16N2O5/c1-6(13)4-11-8(15)3-9(16)12(10(11)17)5-7(2)14/h6-7,13-14H,3-5H2,1-2H3. The maximum atomic E-state index is 11.8. The van der Waals surface area contributed by atoms with Gasteiger partial charge in [-0.2, -0.15) is 0 Å². The average Bonchev–Trinajstić information content (AvgIpc) is 2.18. The van der Waals surface area contributed by atoms with E-state index in [1.807, 2.05) is 0 Å². The highest BCUT2D eigenvalue weighted by molar-refractivity contribution is 6.14. The molecule has 7 heteroatoms. The monoisotopic (exact) mass is 244 g/mol. The number of hydrogen-bond acceptors (Lipinski definition) is 5. The molecule has 0 aromatic carbocycles. The lowest BCUT2D eigenvalue weighted by molar-refractivity contribution is -0.144. The zero-order valence-electron chi connectivity index (χ0n) is 9.79. The van der Waals surface area contributed by atoms with Crippen molar-refractivity contribution >= 4 is 17.8 Å². The van der Waals surface area contributed by atoms with Crippen molar-refractivity contribution in [2.24, 2.45) is 0 Å². The molecular formula is C10H16N2O5. The Morgan fingerprint density at radius 3 is 1.65 bits per heavy atom. The fourth-order valence-corrected chi connectivity index (χ4v) is 1.57. The molecule has 0 aliphatic carbocycles. The van der Waals surface area contributed by atoms with E-state index in [1.165, 1.54) is 13.8 Å². The smallest absolute Gasteiger partial charge is 0.333 e. The first-order valence-corrected chi connectivity index (χ1v) is 5.33. The minimum Gasteiger partial charge on any atom is -0.392 e. The maximum absolute atomic E-state index is 11.8. The molecule has 1 aliphatic rings. The highest BCUT2D eigenvalue weighted by Crippen LogP contribution is 2.13. The van der Waals surface area contributed by atoms with Gasteiger partial charge in [-0.1, -0.05) is 0 Å². The summed E-state index contributed by atoms with van der Waals surface area (Å²) >= 11 is 0. The van der Waals surface area contributed by atoms with Gasteiger partial charge in [-0.25, -0.2) is 4.79 Å². The Morgan fingerprint density at radius 2 is 1.35 bits per heavy atom. The van der Waals surface area contributed by atoms with Crippen LogP contribution in [-0.4, -0.2) is 63.2 Å². The molecule has 1 aliphatic heterocycles. The van der Waals surface area contributed by atoms with E-state index >= 15 is 0 Å². The minimum atomic E-state index is -0.857. The van der Waals surface area contributed by atoms with Crippen molar-refractivity contribution in [2.75, 3.05) is 13.1 Å². The molecule has 1 saturated heterocycles. The molecule has 0 bridgehead atoms. The van der Waals surface area contributed by atoms with Crippen molar-refractivity contribution in [2.45, 2.75) is 32.5 Å². The molecule has 2 N–H and O–H groups in total. The van der Waals surface area contributed by atoms with Crippen LogP contribution in [-0.2, 0) is 9.59 Å². The molecule has 0 aromatic heterocycles. The highest BCUT2D eigenvalue weighted by Gasteiger charge is 2.38. The molecule has 2 unspecified atom stereocenters. The van der Waals surface area contributed by atoms with Crippen molar-refractivity contribution < 1.29 is 24.6 Å². The second-order valence-corrected chi connectivity index (χ2v) is 4.17.